The Morgan fingerprint density at radius 3 is 2.59 bits per heavy atom. The molecular formula is C22H28N4O3. The molecule has 7 heteroatoms. The molecule has 2 heterocycles. The van der Waals surface area contributed by atoms with Gasteiger partial charge in [0.1, 0.15) is 0 Å². The van der Waals surface area contributed by atoms with E-state index in [2.05, 4.69) is 17.1 Å². The number of likely N-dealkylation sites (tertiary alicyclic amines) is 1. The Kier molecular flexibility index (Phi) is 6.49. The van der Waals surface area contributed by atoms with E-state index in [1.807, 2.05) is 24.3 Å². The normalized spacial score (nSPS) is 17.6. The molecule has 29 heavy (non-hydrogen) atoms. The van der Waals surface area contributed by atoms with E-state index in [4.69, 9.17) is 0 Å². The maximum absolute atomic E-state index is 12.2. The van der Waals surface area contributed by atoms with Crippen LogP contribution in [0.5, 0.6) is 0 Å². The van der Waals surface area contributed by atoms with Crippen LogP contribution in [-0.4, -0.2) is 32.5 Å². The van der Waals surface area contributed by atoms with Gasteiger partial charge in [0, 0.05) is 44.6 Å². The van der Waals surface area contributed by atoms with Crippen LogP contribution in [0.2, 0.25) is 0 Å². The minimum atomic E-state index is -0.437. The zero-order valence-corrected chi connectivity index (χ0v) is 17.2. The summed E-state index contributed by atoms with van der Waals surface area (Å²) in [5.41, 5.74) is 1.35. The van der Waals surface area contributed by atoms with Crippen molar-refractivity contribution < 1.29 is 4.79 Å². The molecule has 0 aliphatic carbocycles. The second kappa shape index (κ2) is 9.05. The molecule has 2 aromatic rings. The Morgan fingerprint density at radius 1 is 1.17 bits per heavy atom. The van der Waals surface area contributed by atoms with Crippen molar-refractivity contribution in [1.82, 2.24) is 14.0 Å². The highest BCUT2D eigenvalue weighted by molar-refractivity contribution is 6.01. The first-order chi connectivity index (χ1) is 13.8. The van der Waals surface area contributed by atoms with Gasteiger partial charge in [-0.1, -0.05) is 18.6 Å². The van der Waals surface area contributed by atoms with E-state index in [9.17, 15) is 14.4 Å². The monoisotopic (exact) mass is 396 g/mol. The van der Waals surface area contributed by atoms with Crippen LogP contribution in [0.3, 0.4) is 0 Å². The first-order valence-electron chi connectivity index (χ1n) is 9.94. The van der Waals surface area contributed by atoms with Crippen molar-refractivity contribution in [1.29, 1.82) is 0 Å². The quantitative estimate of drug-likeness (QED) is 0.786. The molecule has 1 N–H and O–H groups in total. The van der Waals surface area contributed by atoms with Crippen LogP contribution in [0.4, 0.5) is 5.69 Å². The van der Waals surface area contributed by atoms with E-state index in [1.165, 1.54) is 54.8 Å². The summed E-state index contributed by atoms with van der Waals surface area (Å²) >= 11 is 0. The summed E-state index contributed by atoms with van der Waals surface area (Å²) in [4.78, 5) is 38.5. The molecule has 3 rings (SSSR count). The number of piperidine rings is 1. The molecule has 1 fully saturated rings. The minimum absolute atomic E-state index is 0.274. The van der Waals surface area contributed by atoms with Crippen molar-refractivity contribution in [3.8, 4) is 0 Å². The van der Waals surface area contributed by atoms with Crippen LogP contribution in [0.25, 0.3) is 6.08 Å². The van der Waals surface area contributed by atoms with Crippen molar-refractivity contribution in [2.45, 2.75) is 38.8 Å². The van der Waals surface area contributed by atoms with Gasteiger partial charge >= 0.3 is 5.69 Å². The summed E-state index contributed by atoms with van der Waals surface area (Å²) < 4.78 is 2.32. The number of carbonyl (C=O) groups excluding carboxylic acids is 1. The van der Waals surface area contributed by atoms with Gasteiger partial charge in [0.2, 0.25) is 5.91 Å². The van der Waals surface area contributed by atoms with Crippen LogP contribution >= 0.6 is 0 Å². The third kappa shape index (κ3) is 5.12. The Morgan fingerprint density at radius 2 is 1.90 bits per heavy atom. The fourth-order valence-corrected chi connectivity index (χ4v) is 3.62. The average Bonchev–Trinajstić information content (AvgIpc) is 2.71. The van der Waals surface area contributed by atoms with Crippen molar-refractivity contribution in [2.24, 2.45) is 14.1 Å². The van der Waals surface area contributed by atoms with Gasteiger partial charge in [-0.2, -0.15) is 0 Å². The van der Waals surface area contributed by atoms with Crippen molar-refractivity contribution in [3.63, 3.8) is 0 Å². The highest BCUT2D eigenvalue weighted by atomic mass is 16.2. The van der Waals surface area contributed by atoms with Gasteiger partial charge in [0.15, 0.2) is 0 Å². The number of rotatable bonds is 5. The lowest BCUT2D eigenvalue weighted by atomic mass is 10.0. The predicted octanol–water partition coefficient (Wildman–Crippen LogP) is 2.11. The summed E-state index contributed by atoms with van der Waals surface area (Å²) in [6.45, 7) is 4.33. The van der Waals surface area contributed by atoms with Crippen LogP contribution in [-0.2, 0) is 25.4 Å². The molecule has 0 spiro atoms. The molecule has 154 valence electrons. The number of amides is 1. The molecule has 1 unspecified atom stereocenters. The summed E-state index contributed by atoms with van der Waals surface area (Å²) in [5, 5.41) is 2.80. The molecule has 1 saturated heterocycles. The number of nitrogens with zero attached hydrogens (tertiary/aromatic N) is 3. The average molecular weight is 396 g/mol. The predicted molar refractivity (Wildman–Crippen MR) is 115 cm³/mol. The molecule has 0 radical (unpaired) electrons. The number of hydrogen-bond donors (Lipinski definition) is 1. The van der Waals surface area contributed by atoms with Gasteiger partial charge in [0.05, 0.1) is 5.56 Å². The summed E-state index contributed by atoms with van der Waals surface area (Å²) in [5.74, 6) is -0.335. The van der Waals surface area contributed by atoms with Crippen molar-refractivity contribution >= 4 is 17.7 Å². The summed E-state index contributed by atoms with van der Waals surface area (Å²) in [7, 11) is 2.97. The topological polar surface area (TPSA) is 76.3 Å². The maximum atomic E-state index is 12.2. The lowest BCUT2D eigenvalue weighted by Gasteiger charge is -2.33. The number of carbonyl (C=O) groups is 1. The molecule has 0 saturated carbocycles. The van der Waals surface area contributed by atoms with E-state index in [0.717, 1.165) is 17.7 Å². The zero-order valence-electron chi connectivity index (χ0n) is 17.2. The van der Waals surface area contributed by atoms with Gasteiger partial charge in [0.25, 0.3) is 5.56 Å². The Labute approximate surface area is 170 Å². The largest absolute Gasteiger partial charge is 0.330 e. The molecule has 1 aliphatic heterocycles. The number of benzene rings is 1. The Hall–Kier alpha value is -2.93. The number of aromatic nitrogens is 2. The molecule has 1 aromatic heterocycles. The second-order valence-electron chi connectivity index (χ2n) is 7.68. The van der Waals surface area contributed by atoms with Crippen molar-refractivity contribution in [2.75, 3.05) is 11.9 Å². The second-order valence-corrected chi connectivity index (χ2v) is 7.68. The molecule has 1 amide bonds. The summed E-state index contributed by atoms with van der Waals surface area (Å²) in [6.07, 6.45) is 7.95. The van der Waals surface area contributed by atoms with E-state index in [0.29, 0.717) is 11.7 Å². The zero-order chi connectivity index (χ0) is 21.0. The fraction of sp³-hybridized carbons (Fsp3) is 0.409. The van der Waals surface area contributed by atoms with Crippen LogP contribution in [0.1, 0.15) is 37.3 Å². The molecule has 1 atom stereocenters. The third-order valence-corrected chi connectivity index (χ3v) is 5.43. The van der Waals surface area contributed by atoms with E-state index < -0.39 is 11.2 Å². The lowest BCUT2D eigenvalue weighted by Crippen LogP contribution is -2.37. The molecular weight excluding hydrogens is 368 g/mol. The molecule has 1 aliphatic rings. The lowest BCUT2D eigenvalue weighted by molar-refractivity contribution is -0.111. The smallest absolute Gasteiger partial charge is 0.323 e. The van der Waals surface area contributed by atoms with Gasteiger partial charge in [-0.3, -0.25) is 19.1 Å². The third-order valence-electron chi connectivity index (χ3n) is 5.43. The van der Waals surface area contributed by atoms with E-state index in [-0.39, 0.29) is 11.5 Å². The fourth-order valence-electron chi connectivity index (χ4n) is 3.62. The van der Waals surface area contributed by atoms with E-state index >= 15 is 0 Å². The van der Waals surface area contributed by atoms with E-state index in [1.54, 1.807) is 7.05 Å². The highest BCUT2D eigenvalue weighted by Gasteiger charge is 2.17. The summed E-state index contributed by atoms with van der Waals surface area (Å²) in [6, 6.07) is 8.45. The molecule has 7 nitrogen and oxygen atoms in total. The first kappa shape index (κ1) is 20.8. The Balaban J connectivity index is 1.62. The first-order valence-corrected chi connectivity index (χ1v) is 9.94. The number of hydrogen-bond acceptors (Lipinski definition) is 4. The number of anilines is 1. The van der Waals surface area contributed by atoms with Crippen LogP contribution < -0.4 is 16.6 Å². The highest BCUT2D eigenvalue weighted by Crippen LogP contribution is 2.20. The van der Waals surface area contributed by atoms with Gasteiger partial charge in [-0.05, 0) is 50.1 Å². The Bertz CT molecular complexity index is 1020. The molecule has 1 aromatic carbocycles. The molecule has 0 bridgehead atoms. The van der Waals surface area contributed by atoms with Crippen LogP contribution in [0, 0.1) is 0 Å². The standard InChI is InChI=1S/C22H28N4O3/c1-16-6-4-5-13-26(16)14-17-7-10-19(11-8-17)23-20(27)12-9-18-15-24(2)22(29)25(3)21(18)28/h7-12,15-16H,4-6,13-14H2,1-3H3,(H,23,27)/b12-9+. The van der Waals surface area contributed by atoms with Gasteiger partial charge < -0.3 is 9.88 Å². The van der Waals surface area contributed by atoms with Crippen LogP contribution in [0.15, 0.2) is 46.1 Å². The van der Waals surface area contributed by atoms with Gasteiger partial charge in [-0.15, -0.1) is 0 Å². The van der Waals surface area contributed by atoms with Crippen molar-refractivity contribution in [3.05, 3.63) is 68.5 Å². The maximum Gasteiger partial charge on any atom is 0.330 e. The number of aryl methyl sites for hydroxylation is 1. The minimum Gasteiger partial charge on any atom is -0.323 e. The number of nitrogens with one attached hydrogen (secondary N) is 1. The SMILES string of the molecule is CC1CCCCN1Cc1ccc(NC(=O)/C=C/c2cn(C)c(=O)n(C)c2=O)cc1. The van der Waals surface area contributed by atoms with Gasteiger partial charge in [-0.25, -0.2) is 4.79 Å².